The van der Waals surface area contributed by atoms with Crippen LogP contribution in [0.2, 0.25) is 0 Å². The van der Waals surface area contributed by atoms with Gasteiger partial charge in [-0.15, -0.1) is 0 Å². The Balaban J connectivity index is 1.24. The van der Waals surface area contributed by atoms with Crippen molar-refractivity contribution in [1.82, 2.24) is 4.57 Å². The van der Waals surface area contributed by atoms with Crippen LogP contribution in [-0.4, -0.2) is 43.2 Å². The Morgan fingerprint density at radius 3 is 1.85 bits per heavy atom. The molecule has 2 fully saturated rings. The fourth-order valence-corrected chi connectivity index (χ4v) is 2.89. The summed E-state index contributed by atoms with van der Waals surface area (Å²) in [7, 11) is 0. The molecule has 2 saturated heterocycles. The highest BCUT2D eigenvalue weighted by atomic mass is 16.6. The van der Waals surface area contributed by atoms with Crippen LogP contribution in [0.15, 0.2) is 67.0 Å². The van der Waals surface area contributed by atoms with Crippen molar-refractivity contribution in [2.45, 2.75) is 12.2 Å². The van der Waals surface area contributed by atoms with Gasteiger partial charge in [-0.2, -0.15) is 0 Å². The second kappa shape index (κ2) is 7.10. The lowest BCUT2D eigenvalue weighted by Crippen LogP contribution is -2.03. The summed E-state index contributed by atoms with van der Waals surface area (Å²) in [5.74, 6) is 1.75. The summed E-state index contributed by atoms with van der Waals surface area (Å²) < 4.78 is 23.8. The number of aromatic nitrogens is 1. The van der Waals surface area contributed by atoms with Crippen molar-refractivity contribution in [2.75, 3.05) is 26.4 Å². The molecule has 0 bridgehead atoms. The highest BCUT2D eigenvalue weighted by Gasteiger charge is 2.23. The second-order valence-corrected chi connectivity index (χ2v) is 6.86. The van der Waals surface area contributed by atoms with Gasteiger partial charge in [0.15, 0.2) is 0 Å². The maximum absolute atomic E-state index is 5.70. The second-order valence-electron chi connectivity index (χ2n) is 6.86. The molecule has 3 aromatic rings. The smallest absolute Gasteiger partial charge is 0.119 e. The van der Waals surface area contributed by atoms with Crippen LogP contribution in [0.1, 0.15) is 0 Å². The summed E-state index contributed by atoms with van der Waals surface area (Å²) in [5, 5.41) is 0. The molecule has 1 aromatic heterocycles. The molecule has 0 saturated carbocycles. The van der Waals surface area contributed by atoms with Gasteiger partial charge in [-0.25, -0.2) is 0 Å². The molecule has 5 heteroatoms. The Labute approximate surface area is 158 Å². The van der Waals surface area contributed by atoms with Crippen LogP contribution in [0.4, 0.5) is 0 Å². The molecule has 5 nitrogen and oxygen atoms in total. The average molecular weight is 363 g/mol. The van der Waals surface area contributed by atoms with E-state index in [2.05, 4.69) is 47.3 Å². The Morgan fingerprint density at radius 2 is 1.30 bits per heavy atom. The molecule has 0 N–H and O–H groups in total. The van der Waals surface area contributed by atoms with Gasteiger partial charge in [0.2, 0.25) is 0 Å². The fraction of sp³-hybridized carbons (Fsp3) is 0.273. The Bertz CT molecular complexity index is 819. The molecule has 2 aromatic carbocycles. The van der Waals surface area contributed by atoms with Gasteiger partial charge in [0.25, 0.3) is 0 Å². The van der Waals surface area contributed by atoms with Crippen molar-refractivity contribution < 1.29 is 18.9 Å². The predicted octanol–water partition coefficient (Wildman–Crippen LogP) is 3.70. The van der Waals surface area contributed by atoms with Gasteiger partial charge < -0.3 is 23.5 Å². The highest BCUT2D eigenvalue weighted by molar-refractivity contribution is 5.64. The van der Waals surface area contributed by atoms with Crippen LogP contribution < -0.4 is 9.47 Å². The van der Waals surface area contributed by atoms with Gasteiger partial charge in [-0.1, -0.05) is 12.1 Å². The van der Waals surface area contributed by atoms with Gasteiger partial charge in [0.1, 0.15) is 36.9 Å². The molecule has 2 aliphatic rings. The molecule has 2 aliphatic heterocycles. The van der Waals surface area contributed by atoms with Crippen LogP contribution in [0.25, 0.3) is 16.8 Å². The minimum atomic E-state index is 0.274. The minimum Gasteiger partial charge on any atom is -0.491 e. The van der Waals surface area contributed by atoms with Crippen molar-refractivity contribution in [3.63, 3.8) is 0 Å². The number of hydrogen-bond donors (Lipinski definition) is 0. The van der Waals surface area contributed by atoms with E-state index < -0.39 is 0 Å². The monoisotopic (exact) mass is 363 g/mol. The summed E-state index contributed by atoms with van der Waals surface area (Å²) in [6.45, 7) is 2.88. The number of ether oxygens (including phenoxy) is 4. The highest BCUT2D eigenvalue weighted by Crippen LogP contribution is 2.25. The van der Waals surface area contributed by atoms with E-state index in [9.17, 15) is 0 Å². The Morgan fingerprint density at radius 1 is 0.741 bits per heavy atom. The first-order valence-electron chi connectivity index (χ1n) is 9.21. The van der Waals surface area contributed by atoms with Gasteiger partial charge >= 0.3 is 0 Å². The number of epoxide rings is 2. The minimum absolute atomic E-state index is 0.274. The largest absolute Gasteiger partial charge is 0.491 e. The summed E-state index contributed by atoms with van der Waals surface area (Å²) >= 11 is 0. The third kappa shape index (κ3) is 4.15. The average Bonchev–Trinajstić information content (AvgIpc) is 3.65. The van der Waals surface area contributed by atoms with Crippen molar-refractivity contribution in [1.29, 1.82) is 0 Å². The zero-order valence-corrected chi connectivity index (χ0v) is 14.9. The number of rotatable bonds is 8. The van der Waals surface area contributed by atoms with Gasteiger partial charge in [-0.3, -0.25) is 0 Å². The maximum atomic E-state index is 5.70. The van der Waals surface area contributed by atoms with Crippen LogP contribution >= 0.6 is 0 Å². The van der Waals surface area contributed by atoms with Crippen molar-refractivity contribution in [3.8, 4) is 28.3 Å². The Kier molecular flexibility index (Phi) is 4.32. The Hall–Kier alpha value is -2.76. The molecular formula is C22H21NO4. The van der Waals surface area contributed by atoms with E-state index >= 15 is 0 Å². The predicted molar refractivity (Wildman–Crippen MR) is 102 cm³/mol. The quantitative estimate of drug-likeness (QED) is 0.573. The van der Waals surface area contributed by atoms with E-state index in [0.717, 1.165) is 36.0 Å². The molecule has 0 amide bonds. The SMILES string of the molecule is c1cc(-c2ccn(-c3ccc(OCC4CO4)cc3)c2)ccc1OCC1CO1. The number of nitrogens with zero attached hydrogens (tertiary/aromatic N) is 1. The third-order valence-corrected chi connectivity index (χ3v) is 4.69. The van der Waals surface area contributed by atoms with Gasteiger partial charge in [0, 0.05) is 18.1 Å². The lowest BCUT2D eigenvalue weighted by molar-refractivity contribution is 0.263. The molecule has 2 unspecified atom stereocenters. The number of hydrogen-bond acceptors (Lipinski definition) is 4. The zero-order valence-electron chi connectivity index (χ0n) is 14.9. The maximum Gasteiger partial charge on any atom is 0.119 e. The zero-order chi connectivity index (χ0) is 18.1. The fourth-order valence-electron chi connectivity index (χ4n) is 2.89. The summed E-state index contributed by atoms with van der Waals surface area (Å²) in [6, 6.07) is 18.4. The van der Waals surface area contributed by atoms with E-state index in [1.165, 1.54) is 5.56 Å². The standard InChI is InChI=1S/C22H21NO4/c1-5-19(24-12-21-14-26-21)6-2-16(1)17-9-10-23(11-17)18-3-7-20(8-4-18)25-13-22-15-27-22/h1-11,21-22H,12-15H2. The molecular weight excluding hydrogens is 342 g/mol. The van der Waals surface area contributed by atoms with Crippen molar-refractivity contribution >= 4 is 0 Å². The van der Waals surface area contributed by atoms with Crippen LogP contribution in [0, 0.1) is 0 Å². The summed E-state index contributed by atoms with van der Waals surface area (Å²) in [5.41, 5.74) is 3.42. The molecule has 3 heterocycles. The van der Waals surface area contributed by atoms with Crippen LogP contribution in [-0.2, 0) is 9.47 Å². The molecule has 138 valence electrons. The van der Waals surface area contributed by atoms with Crippen molar-refractivity contribution in [2.24, 2.45) is 0 Å². The van der Waals surface area contributed by atoms with E-state index in [0.29, 0.717) is 13.2 Å². The topological polar surface area (TPSA) is 48.5 Å². The van der Waals surface area contributed by atoms with E-state index in [-0.39, 0.29) is 12.2 Å². The van der Waals surface area contributed by atoms with Gasteiger partial charge in [0.05, 0.1) is 13.2 Å². The first-order valence-corrected chi connectivity index (χ1v) is 9.21. The van der Waals surface area contributed by atoms with E-state index in [1.54, 1.807) is 0 Å². The molecule has 27 heavy (non-hydrogen) atoms. The van der Waals surface area contributed by atoms with Crippen LogP contribution in [0.3, 0.4) is 0 Å². The first-order chi connectivity index (χ1) is 13.3. The molecule has 0 spiro atoms. The van der Waals surface area contributed by atoms with E-state index in [1.807, 2.05) is 24.3 Å². The van der Waals surface area contributed by atoms with Crippen molar-refractivity contribution in [3.05, 3.63) is 67.0 Å². The third-order valence-electron chi connectivity index (χ3n) is 4.69. The van der Waals surface area contributed by atoms with E-state index in [4.69, 9.17) is 18.9 Å². The lowest BCUT2D eigenvalue weighted by atomic mass is 10.1. The molecule has 2 atom stereocenters. The lowest BCUT2D eigenvalue weighted by Gasteiger charge is -2.07. The molecule has 5 rings (SSSR count). The number of benzene rings is 2. The van der Waals surface area contributed by atoms with Gasteiger partial charge in [-0.05, 0) is 53.6 Å². The van der Waals surface area contributed by atoms with Crippen LogP contribution in [0.5, 0.6) is 11.5 Å². The summed E-state index contributed by atoms with van der Waals surface area (Å²) in [4.78, 5) is 0. The summed E-state index contributed by atoms with van der Waals surface area (Å²) in [6.07, 6.45) is 4.74. The molecule has 0 aliphatic carbocycles. The first kappa shape index (κ1) is 16.4. The molecule has 0 radical (unpaired) electrons. The normalized spacial score (nSPS) is 20.3.